The molecule has 12 heteroatoms. The number of hydrogen-bond donors (Lipinski definition) is 2. The lowest BCUT2D eigenvalue weighted by Gasteiger charge is -2.35. The summed E-state index contributed by atoms with van der Waals surface area (Å²) in [6.45, 7) is 1.78. The summed E-state index contributed by atoms with van der Waals surface area (Å²) in [4.78, 5) is 29.6. The SMILES string of the molecule is CN/C(=C\N)c1ccc(-n2c(=O)c3c(n4ncc(Cc5ccccc5)c24)CN(C(=O)c2ccc(Br)c(C(F)(F)F)c2)[C@H](C)C3)cc1. The minimum absolute atomic E-state index is 0.00243. The molecule has 0 aliphatic carbocycles. The minimum atomic E-state index is -4.63. The van der Waals surface area contributed by atoms with Crippen molar-refractivity contribution in [3.05, 3.63) is 139 Å². The normalized spacial score (nSPS) is 15.2. The zero-order chi connectivity index (χ0) is 32.7. The molecule has 0 spiro atoms. The van der Waals surface area contributed by atoms with Crippen molar-refractivity contribution in [1.29, 1.82) is 0 Å². The maximum absolute atomic E-state index is 14.4. The molecule has 0 saturated carbocycles. The number of halogens is 4. The van der Waals surface area contributed by atoms with Crippen molar-refractivity contribution in [3.63, 3.8) is 0 Å². The van der Waals surface area contributed by atoms with Crippen molar-refractivity contribution in [2.75, 3.05) is 7.05 Å². The molecule has 5 aromatic rings. The molecule has 1 aliphatic rings. The number of nitrogens with one attached hydrogen (secondary N) is 1. The highest BCUT2D eigenvalue weighted by Gasteiger charge is 2.36. The monoisotopic (exact) mass is 690 g/mol. The molecular weight excluding hydrogens is 661 g/mol. The third-order valence-corrected chi connectivity index (χ3v) is 9.03. The average molecular weight is 692 g/mol. The van der Waals surface area contributed by atoms with E-state index in [1.165, 1.54) is 23.2 Å². The number of alkyl halides is 3. The van der Waals surface area contributed by atoms with Crippen molar-refractivity contribution in [2.24, 2.45) is 5.73 Å². The second-order valence-electron chi connectivity index (χ2n) is 11.2. The second kappa shape index (κ2) is 12.2. The predicted molar refractivity (Wildman–Crippen MR) is 173 cm³/mol. The molecule has 0 unspecified atom stereocenters. The fourth-order valence-electron chi connectivity index (χ4n) is 5.99. The molecule has 1 amide bonds. The molecule has 6 rings (SSSR count). The van der Waals surface area contributed by atoms with Gasteiger partial charge in [-0.25, -0.2) is 4.52 Å². The Labute approximate surface area is 271 Å². The van der Waals surface area contributed by atoms with Gasteiger partial charge >= 0.3 is 6.18 Å². The molecule has 0 fully saturated rings. The number of carbonyl (C=O) groups excluding carboxylic acids is 1. The van der Waals surface area contributed by atoms with Crippen LogP contribution in [-0.2, 0) is 25.6 Å². The van der Waals surface area contributed by atoms with Crippen LogP contribution in [0.1, 0.15) is 50.8 Å². The summed E-state index contributed by atoms with van der Waals surface area (Å²) in [6, 6.07) is 20.2. The smallest absolute Gasteiger partial charge is 0.403 e. The fraction of sp³-hybridized carbons (Fsp3) is 0.206. The Bertz CT molecular complexity index is 2040. The molecule has 1 aliphatic heterocycles. The lowest BCUT2D eigenvalue weighted by Crippen LogP contribution is -2.46. The zero-order valence-corrected chi connectivity index (χ0v) is 26.6. The molecular formula is C34H30BrF3N6O2. The summed E-state index contributed by atoms with van der Waals surface area (Å²) < 4.78 is 44.1. The first-order chi connectivity index (χ1) is 22.0. The number of fused-ring (bicyclic) bond motifs is 3. The molecule has 3 heterocycles. The lowest BCUT2D eigenvalue weighted by molar-refractivity contribution is -0.138. The van der Waals surface area contributed by atoms with Crippen LogP contribution in [0.15, 0.2) is 94.5 Å². The second-order valence-corrected chi connectivity index (χ2v) is 12.0. The van der Waals surface area contributed by atoms with Gasteiger partial charge in [-0.05, 0) is 54.8 Å². The maximum Gasteiger partial charge on any atom is 0.417 e. The van der Waals surface area contributed by atoms with Crippen molar-refractivity contribution in [3.8, 4) is 5.69 Å². The summed E-state index contributed by atoms with van der Waals surface area (Å²) in [5.74, 6) is -0.561. The number of hydrogen-bond acceptors (Lipinski definition) is 5. The van der Waals surface area contributed by atoms with Gasteiger partial charge in [-0.3, -0.25) is 14.2 Å². The van der Waals surface area contributed by atoms with Crippen molar-refractivity contribution in [1.82, 2.24) is 24.4 Å². The van der Waals surface area contributed by atoms with Crippen LogP contribution in [0.25, 0.3) is 17.0 Å². The van der Waals surface area contributed by atoms with Gasteiger partial charge < -0.3 is 16.0 Å². The number of aromatic nitrogens is 3. The molecule has 46 heavy (non-hydrogen) atoms. The summed E-state index contributed by atoms with van der Waals surface area (Å²) in [5, 5.41) is 7.75. The summed E-state index contributed by atoms with van der Waals surface area (Å²) in [5.41, 5.74) is 10.1. The van der Waals surface area contributed by atoms with Crippen molar-refractivity contribution in [2.45, 2.75) is 38.5 Å². The zero-order valence-electron chi connectivity index (χ0n) is 25.0. The Morgan fingerprint density at radius 2 is 1.78 bits per heavy atom. The van der Waals surface area contributed by atoms with Crippen molar-refractivity contribution >= 4 is 33.2 Å². The first kappa shape index (κ1) is 31.2. The van der Waals surface area contributed by atoms with Crippen LogP contribution in [-0.4, -0.2) is 38.1 Å². The van der Waals surface area contributed by atoms with Crippen LogP contribution in [0.5, 0.6) is 0 Å². The summed E-state index contributed by atoms with van der Waals surface area (Å²) >= 11 is 2.94. The average Bonchev–Trinajstić information content (AvgIpc) is 3.45. The highest BCUT2D eigenvalue weighted by molar-refractivity contribution is 9.10. The molecule has 3 aromatic carbocycles. The Kier molecular flexibility index (Phi) is 8.24. The maximum atomic E-state index is 14.4. The summed E-state index contributed by atoms with van der Waals surface area (Å²) in [6.07, 6.45) is -0.745. The van der Waals surface area contributed by atoms with Gasteiger partial charge in [-0.1, -0.05) is 58.4 Å². The third-order valence-electron chi connectivity index (χ3n) is 8.34. The van der Waals surface area contributed by atoms with E-state index in [1.54, 1.807) is 29.3 Å². The van der Waals surface area contributed by atoms with Gasteiger partial charge in [0.05, 0.1) is 35.4 Å². The lowest BCUT2D eigenvalue weighted by atomic mass is 9.97. The van der Waals surface area contributed by atoms with E-state index >= 15 is 0 Å². The highest BCUT2D eigenvalue weighted by atomic mass is 79.9. The standard InChI is InChI=1S/C34H30BrF3N6O2/c1-20-14-26-30(19-42(20)32(45)23-10-13-28(35)27(16-23)34(36,37)38)44-31(24(18-41-44)15-21-6-4-3-5-7-21)43(33(26)46)25-11-8-22(9-12-25)29(17-39)40-2/h3-13,16-18,20,40H,14-15,19,39H2,1-2H3/b29-17-/t20-/m1/s1. The molecule has 0 radical (unpaired) electrons. The molecule has 1 atom stereocenters. The third kappa shape index (κ3) is 5.57. The Morgan fingerprint density at radius 1 is 1.09 bits per heavy atom. The Hall–Kier alpha value is -4.84. The van der Waals surface area contributed by atoms with Gasteiger partial charge in [0.2, 0.25) is 0 Å². The van der Waals surface area contributed by atoms with Gasteiger partial charge in [-0.15, -0.1) is 0 Å². The van der Waals surface area contributed by atoms with E-state index in [0.717, 1.165) is 28.5 Å². The first-order valence-corrected chi connectivity index (χ1v) is 15.4. The molecule has 0 bridgehead atoms. The van der Waals surface area contributed by atoms with Gasteiger partial charge in [0, 0.05) is 46.9 Å². The predicted octanol–water partition coefficient (Wildman–Crippen LogP) is 5.92. The first-order valence-electron chi connectivity index (χ1n) is 14.6. The fourth-order valence-corrected chi connectivity index (χ4v) is 6.46. The summed E-state index contributed by atoms with van der Waals surface area (Å²) in [7, 11) is 1.77. The van der Waals surface area contributed by atoms with E-state index in [1.807, 2.05) is 54.6 Å². The van der Waals surface area contributed by atoms with Crippen LogP contribution < -0.4 is 16.6 Å². The van der Waals surface area contributed by atoms with Crippen LogP contribution in [0.4, 0.5) is 13.2 Å². The number of nitrogens with zero attached hydrogens (tertiary/aromatic N) is 4. The van der Waals surface area contributed by atoms with Crippen LogP contribution in [0.2, 0.25) is 0 Å². The van der Waals surface area contributed by atoms with Crippen molar-refractivity contribution < 1.29 is 18.0 Å². The minimum Gasteiger partial charge on any atom is -0.403 e. The Balaban J connectivity index is 1.49. The van der Waals surface area contributed by atoms with Crippen LogP contribution >= 0.6 is 15.9 Å². The highest BCUT2D eigenvalue weighted by Crippen LogP contribution is 2.36. The van der Waals surface area contributed by atoms with Gasteiger partial charge in [0.1, 0.15) is 5.65 Å². The molecule has 3 N–H and O–H groups in total. The van der Waals surface area contributed by atoms with Gasteiger partial charge in [-0.2, -0.15) is 18.3 Å². The van der Waals surface area contributed by atoms with Gasteiger partial charge in [0.15, 0.2) is 0 Å². The van der Waals surface area contributed by atoms with E-state index in [-0.39, 0.29) is 28.6 Å². The number of amides is 1. The number of carbonyl (C=O) groups is 1. The van der Waals surface area contributed by atoms with E-state index < -0.39 is 23.7 Å². The largest absolute Gasteiger partial charge is 0.417 e. The number of nitrogens with two attached hydrogens (primary N) is 1. The number of benzene rings is 3. The van der Waals surface area contributed by atoms with E-state index in [4.69, 9.17) is 10.8 Å². The Morgan fingerprint density at radius 3 is 2.43 bits per heavy atom. The topological polar surface area (TPSA) is 97.7 Å². The van der Waals surface area contributed by atoms with Gasteiger partial charge in [0.25, 0.3) is 11.5 Å². The van der Waals surface area contributed by atoms with Crippen LogP contribution in [0.3, 0.4) is 0 Å². The number of rotatable bonds is 6. The van der Waals surface area contributed by atoms with Crippen LogP contribution in [0, 0.1) is 0 Å². The van der Waals surface area contributed by atoms with E-state index in [9.17, 15) is 22.8 Å². The molecule has 2 aromatic heterocycles. The van der Waals surface area contributed by atoms with E-state index in [0.29, 0.717) is 29.0 Å². The quantitative estimate of drug-likeness (QED) is 0.231. The molecule has 236 valence electrons. The molecule has 0 saturated heterocycles. The van der Waals surface area contributed by atoms with E-state index in [2.05, 4.69) is 21.2 Å². The molecule has 8 nitrogen and oxygen atoms in total.